The van der Waals surface area contributed by atoms with Gasteiger partial charge in [0.15, 0.2) is 0 Å². The SMILES string of the molecule is [2H]C([2H])([2H])C(n1nc(O[C@@H]2O[C@H](CO)[C@@H](O)[C@H](O)[C@H]2O)c(Cc2ccc(OC(C)C)cc2)c1C)C([2H])([2H])[2H]. The average molecular weight is 457 g/mol. The minimum Gasteiger partial charge on any atom is -0.491 e. The zero-order valence-electron chi connectivity index (χ0n) is 24.2. The molecule has 0 saturated carbocycles. The lowest BCUT2D eigenvalue weighted by Gasteiger charge is -2.39. The molecule has 0 aliphatic carbocycles. The minimum absolute atomic E-state index is 0.0310. The summed E-state index contributed by atoms with van der Waals surface area (Å²) in [6.07, 6.45) is -7.84. The molecule has 2 aromatic rings. The molecule has 0 unspecified atom stereocenters. The summed E-state index contributed by atoms with van der Waals surface area (Å²) in [5.74, 6) is 0.409. The number of hydrogen-bond donors (Lipinski definition) is 4. The highest BCUT2D eigenvalue weighted by Gasteiger charge is 2.45. The predicted octanol–water partition coefficient (Wildman–Crippen LogP) is 1.33. The lowest BCUT2D eigenvalue weighted by Crippen LogP contribution is -2.60. The Hall–Kier alpha value is -2.17. The van der Waals surface area contributed by atoms with Crippen molar-refractivity contribution in [3.63, 3.8) is 0 Å². The first-order chi connectivity index (χ1) is 17.5. The van der Waals surface area contributed by atoms with Gasteiger partial charge in [-0.25, -0.2) is 0 Å². The molecule has 0 bridgehead atoms. The van der Waals surface area contributed by atoms with Crippen LogP contribution in [0.2, 0.25) is 0 Å². The Labute approximate surface area is 196 Å². The molecule has 1 aliphatic rings. The van der Waals surface area contributed by atoms with Gasteiger partial charge in [-0.05, 0) is 52.2 Å². The first kappa shape index (κ1) is 17.3. The van der Waals surface area contributed by atoms with Gasteiger partial charge in [0.25, 0.3) is 0 Å². The zero-order valence-corrected chi connectivity index (χ0v) is 18.2. The van der Waals surface area contributed by atoms with Crippen molar-refractivity contribution in [2.45, 2.75) is 83.7 Å². The molecular weight excluding hydrogens is 416 g/mol. The highest BCUT2D eigenvalue weighted by Crippen LogP contribution is 2.31. The van der Waals surface area contributed by atoms with Gasteiger partial charge in [0.1, 0.15) is 30.2 Å². The van der Waals surface area contributed by atoms with Gasteiger partial charge in [-0.2, -0.15) is 0 Å². The molecule has 1 aromatic heterocycles. The molecule has 3 rings (SSSR count). The molecule has 0 spiro atoms. The van der Waals surface area contributed by atoms with Crippen molar-refractivity contribution in [2.24, 2.45) is 0 Å². The maximum atomic E-state index is 10.4. The van der Waals surface area contributed by atoms with E-state index in [1.165, 1.54) is 6.92 Å². The molecule has 1 fully saturated rings. The zero-order chi connectivity index (χ0) is 28.6. The third kappa shape index (κ3) is 5.24. The van der Waals surface area contributed by atoms with Crippen molar-refractivity contribution in [1.82, 2.24) is 9.78 Å². The quantitative estimate of drug-likeness (QED) is 0.469. The summed E-state index contributed by atoms with van der Waals surface area (Å²) >= 11 is 0. The average Bonchev–Trinajstić information content (AvgIpc) is 3.07. The summed E-state index contributed by atoms with van der Waals surface area (Å²) in [5, 5.41) is 44.3. The number of hydrogen-bond acceptors (Lipinski definition) is 8. The molecule has 1 aromatic carbocycles. The third-order valence-electron chi connectivity index (χ3n) is 5.23. The summed E-state index contributed by atoms with van der Waals surface area (Å²) < 4.78 is 64.8. The highest BCUT2D eigenvalue weighted by atomic mass is 16.7. The Bertz CT molecular complexity index is 1060. The van der Waals surface area contributed by atoms with Gasteiger partial charge in [0.05, 0.1) is 12.7 Å². The molecule has 4 N–H and O–H groups in total. The Morgan fingerprint density at radius 1 is 1.12 bits per heavy atom. The molecule has 0 radical (unpaired) electrons. The molecular formula is C23H34N2O7. The van der Waals surface area contributed by atoms with E-state index in [1.807, 2.05) is 13.8 Å². The summed E-state index contributed by atoms with van der Waals surface area (Å²) in [6, 6.07) is 5.05. The predicted molar refractivity (Wildman–Crippen MR) is 117 cm³/mol. The summed E-state index contributed by atoms with van der Waals surface area (Å²) in [4.78, 5) is 0. The lowest BCUT2D eigenvalue weighted by molar-refractivity contribution is -0.278. The second-order valence-corrected chi connectivity index (χ2v) is 8.02. The smallest absolute Gasteiger partial charge is 0.239 e. The number of aromatic nitrogens is 2. The molecule has 5 atom stereocenters. The van der Waals surface area contributed by atoms with E-state index in [4.69, 9.17) is 22.4 Å². The van der Waals surface area contributed by atoms with Crippen molar-refractivity contribution in [3.8, 4) is 11.6 Å². The Morgan fingerprint density at radius 2 is 1.81 bits per heavy atom. The van der Waals surface area contributed by atoms with Crippen LogP contribution in [-0.2, 0) is 11.2 Å². The largest absolute Gasteiger partial charge is 0.491 e. The van der Waals surface area contributed by atoms with Crippen molar-refractivity contribution >= 4 is 0 Å². The lowest BCUT2D eigenvalue weighted by atomic mass is 9.99. The number of ether oxygens (including phenoxy) is 3. The Morgan fingerprint density at radius 3 is 2.41 bits per heavy atom. The number of rotatable bonds is 8. The molecule has 1 saturated heterocycles. The van der Waals surface area contributed by atoms with Gasteiger partial charge in [0.2, 0.25) is 12.2 Å². The molecule has 9 heteroatoms. The van der Waals surface area contributed by atoms with Crippen LogP contribution in [0.4, 0.5) is 0 Å². The van der Waals surface area contributed by atoms with Crippen LogP contribution in [0.3, 0.4) is 0 Å². The van der Waals surface area contributed by atoms with E-state index >= 15 is 0 Å². The van der Waals surface area contributed by atoms with Crippen LogP contribution in [0.1, 0.15) is 58.6 Å². The number of aliphatic hydroxyl groups is 4. The van der Waals surface area contributed by atoms with Crippen molar-refractivity contribution in [3.05, 3.63) is 41.1 Å². The van der Waals surface area contributed by atoms with Crippen LogP contribution in [0.5, 0.6) is 11.6 Å². The standard InChI is InChI=1S/C23H34N2O7/c1-12(2)25-14(5)17(10-15-6-8-16(9-7-15)30-13(3)4)22(24-25)32-23-21(29)20(28)19(27)18(11-26)31-23/h6-9,12-13,18-21,23,26-29H,10-11H2,1-5H3/t18-,19-,20+,21-,23+/m1/s1/i1D3,2D3. The van der Waals surface area contributed by atoms with Gasteiger partial charge in [-0.1, -0.05) is 12.1 Å². The maximum Gasteiger partial charge on any atom is 0.239 e. The van der Waals surface area contributed by atoms with E-state index in [9.17, 15) is 20.4 Å². The van der Waals surface area contributed by atoms with E-state index in [2.05, 4.69) is 5.10 Å². The Kier molecular flexibility index (Phi) is 5.51. The van der Waals surface area contributed by atoms with Crippen LogP contribution >= 0.6 is 0 Å². The van der Waals surface area contributed by atoms with Crippen LogP contribution in [0.25, 0.3) is 0 Å². The van der Waals surface area contributed by atoms with E-state index in [0.717, 1.165) is 10.2 Å². The molecule has 9 nitrogen and oxygen atoms in total. The molecule has 0 amide bonds. The van der Waals surface area contributed by atoms with Crippen LogP contribution in [-0.4, -0.2) is 73.6 Å². The normalized spacial score (nSPS) is 29.6. The van der Waals surface area contributed by atoms with Crippen molar-refractivity contribution < 1.29 is 42.9 Å². The summed E-state index contributed by atoms with van der Waals surface area (Å²) in [5.41, 5.74) is 1.25. The van der Waals surface area contributed by atoms with Gasteiger partial charge in [0, 0.05) is 31.9 Å². The fourth-order valence-corrected chi connectivity index (χ4v) is 3.51. The van der Waals surface area contributed by atoms with E-state index in [0.29, 0.717) is 11.3 Å². The molecule has 32 heavy (non-hydrogen) atoms. The van der Waals surface area contributed by atoms with E-state index in [1.54, 1.807) is 24.3 Å². The van der Waals surface area contributed by atoms with E-state index < -0.39 is 57.1 Å². The second-order valence-electron chi connectivity index (χ2n) is 8.02. The molecule has 1 aliphatic heterocycles. The number of nitrogens with zero attached hydrogens (tertiary/aromatic N) is 2. The monoisotopic (exact) mass is 456 g/mol. The highest BCUT2D eigenvalue weighted by molar-refractivity contribution is 5.38. The summed E-state index contributed by atoms with van der Waals surface area (Å²) in [6.45, 7) is -1.30. The van der Waals surface area contributed by atoms with Gasteiger partial charge in [-0.15, -0.1) is 5.10 Å². The maximum absolute atomic E-state index is 10.4. The van der Waals surface area contributed by atoms with Crippen LogP contribution < -0.4 is 9.47 Å². The first-order valence-corrected chi connectivity index (χ1v) is 10.3. The summed E-state index contributed by atoms with van der Waals surface area (Å²) in [7, 11) is 0. The van der Waals surface area contributed by atoms with Crippen LogP contribution in [0.15, 0.2) is 24.3 Å². The molecule has 178 valence electrons. The van der Waals surface area contributed by atoms with Gasteiger partial charge >= 0.3 is 0 Å². The van der Waals surface area contributed by atoms with E-state index in [-0.39, 0.29) is 24.1 Å². The number of aliphatic hydroxyl groups excluding tert-OH is 4. The second kappa shape index (κ2) is 10.2. The first-order valence-electron chi connectivity index (χ1n) is 13.3. The Balaban J connectivity index is 2.05. The third-order valence-corrected chi connectivity index (χ3v) is 5.23. The van der Waals surface area contributed by atoms with Crippen LogP contribution in [0, 0.1) is 6.92 Å². The topological polar surface area (TPSA) is 126 Å². The minimum atomic E-state index is -2.95. The van der Waals surface area contributed by atoms with Crippen molar-refractivity contribution in [2.75, 3.05) is 6.61 Å². The fourth-order valence-electron chi connectivity index (χ4n) is 3.51. The van der Waals surface area contributed by atoms with Crippen molar-refractivity contribution in [1.29, 1.82) is 0 Å². The van der Waals surface area contributed by atoms with Gasteiger partial charge < -0.3 is 34.6 Å². The molecule has 2 heterocycles. The fraction of sp³-hybridized carbons (Fsp3) is 0.609. The van der Waals surface area contributed by atoms with Gasteiger partial charge in [-0.3, -0.25) is 4.68 Å². The number of benzene rings is 1.